The maximum atomic E-state index is 13.1. The summed E-state index contributed by atoms with van der Waals surface area (Å²) in [6.07, 6.45) is 4.77. The molecule has 0 unspecified atom stereocenters. The maximum Gasteiger partial charge on any atom is 0.331 e. The Morgan fingerprint density at radius 3 is 2.64 bits per heavy atom. The lowest BCUT2D eigenvalue weighted by Crippen LogP contribution is -2.56. The second kappa shape index (κ2) is 7.38. The van der Waals surface area contributed by atoms with Gasteiger partial charge in [-0.05, 0) is 37.0 Å². The van der Waals surface area contributed by atoms with Crippen LogP contribution in [0, 0.1) is 5.82 Å². The molecule has 1 aliphatic rings. The Labute approximate surface area is 130 Å². The van der Waals surface area contributed by atoms with Crippen LogP contribution in [0.15, 0.2) is 24.3 Å². The van der Waals surface area contributed by atoms with Crippen molar-refractivity contribution >= 4 is 11.9 Å². The number of carbonyl (C=O) groups is 2. The number of nitrogens with one attached hydrogen (secondary N) is 1. The molecule has 1 aliphatic carbocycles. The van der Waals surface area contributed by atoms with Crippen molar-refractivity contribution in [3.63, 3.8) is 0 Å². The molecule has 0 heterocycles. The van der Waals surface area contributed by atoms with Crippen molar-refractivity contribution in [3.8, 4) is 0 Å². The molecule has 0 saturated heterocycles. The van der Waals surface area contributed by atoms with E-state index >= 15 is 0 Å². The number of aryl methyl sites for hydroxylation is 1. The van der Waals surface area contributed by atoms with Gasteiger partial charge in [0.25, 0.3) is 0 Å². The normalized spacial score (nSPS) is 16.8. The highest BCUT2D eigenvalue weighted by molar-refractivity contribution is 5.88. The van der Waals surface area contributed by atoms with Gasteiger partial charge in [0.2, 0.25) is 5.91 Å². The highest BCUT2D eigenvalue weighted by Gasteiger charge is 2.41. The van der Waals surface area contributed by atoms with Crippen LogP contribution in [-0.4, -0.2) is 24.5 Å². The molecule has 0 aliphatic heterocycles. The molecule has 0 spiro atoms. The van der Waals surface area contributed by atoms with Crippen LogP contribution in [0.3, 0.4) is 0 Å². The third kappa shape index (κ3) is 4.06. The van der Waals surface area contributed by atoms with Gasteiger partial charge in [0.15, 0.2) is 0 Å². The minimum Gasteiger partial charge on any atom is -0.467 e. The molecule has 120 valence electrons. The van der Waals surface area contributed by atoms with E-state index in [-0.39, 0.29) is 24.1 Å². The van der Waals surface area contributed by atoms with Crippen LogP contribution in [0.2, 0.25) is 0 Å². The van der Waals surface area contributed by atoms with E-state index < -0.39 is 5.54 Å². The van der Waals surface area contributed by atoms with Crippen LogP contribution < -0.4 is 5.32 Å². The van der Waals surface area contributed by atoms with Gasteiger partial charge in [0.1, 0.15) is 11.4 Å². The Hall–Kier alpha value is -1.91. The van der Waals surface area contributed by atoms with Gasteiger partial charge >= 0.3 is 5.97 Å². The number of hydrogen-bond donors (Lipinski definition) is 1. The monoisotopic (exact) mass is 307 g/mol. The number of methoxy groups -OCH3 is 1. The van der Waals surface area contributed by atoms with Crippen molar-refractivity contribution in [1.29, 1.82) is 0 Å². The molecule has 0 aromatic heterocycles. The predicted octanol–water partition coefficient (Wildman–Crippen LogP) is 2.75. The second-order valence-electron chi connectivity index (χ2n) is 5.81. The minimum atomic E-state index is -0.883. The molecule has 0 bridgehead atoms. The van der Waals surface area contributed by atoms with E-state index in [9.17, 15) is 14.0 Å². The lowest BCUT2D eigenvalue weighted by Gasteiger charge is -2.35. The summed E-state index contributed by atoms with van der Waals surface area (Å²) in [6, 6.07) is 6.20. The van der Waals surface area contributed by atoms with E-state index in [0.717, 1.165) is 24.8 Å². The van der Waals surface area contributed by atoms with E-state index in [2.05, 4.69) is 5.32 Å². The number of hydrogen-bond acceptors (Lipinski definition) is 3. The van der Waals surface area contributed by atoms with Gasteiger partial charge in [-0.15, -0.1) is 0 Å². The van der Waals surface area contributed by atoms with Crippen LogP contribution in [0.4, 0.5) is 4.39 Å². The molecule has 5 heteroatoms. The summed E-state index contributed by atoms with van der Waals surface area (Å²) in [5.74, 6) is -0.876. The summed E-state index contributed by atoms with van der Waals surface area (Å²) in [5.41, 5.74) is -0.114. The van der Waals surface area contributed by atoms with Crippen molar-refractivity contribution in [2.24, 2.45) is 0 Å². The van der Waals surface area contributed by atoms with E-state index in [4.69, 9.17) is 4.74 Å². The number of amides is 1. The van der Waals surface area contributed by atoms with Gasteiger partial charge in [0.05, 0.1) is 7.11 Å². The zero-order chi connectivity index (χ0) is 16.0. The van der Waals surface area contributed by atoms with Gasteiger partial charge in [-0.2, -0.15) is 0 Å². The van der Waals surface area contributed by atoms with Gasteiger partial charge in [-0.3, -0.25) is 4.79 Å². The fourth-order valence-corrected chi connectivity index (χ4v) is 3.01. The van der Waals surface area contributed by atoms with Crippen molar-refractivity contribution in [1.82, 2.24) is 5.32 Å². The molecule has 1 amide bonds. The minimum absolute atomic E-state index is 0.198. The molecule has 1 saturated carbocycles. The number of ether oxygens (including phenoxy) is 1. The summed E-state index contributed by atoms with van der Waals surface area (Å²) in [6.45, 7) is 0. The van der Waals surface area contributed by atoms with Crippen LogP contribution in [-0.2, 0) is 20.7 Å². The third-order valence-electron chi connectivity index (χ3n) is 4.19. The Bertz CT molecular complexity index is 538. The predicted molar refractivity (Wildman–Crippen MR) is 80.7 cm³/mol. The Kier molecular flexibility index (Phi) is 5.52. The van der Waals surface area contributed by atoms with Gasteiger partial charge in [-0.25, -0.2) is 9.18 Å². The summed E-state index contributed by atoms with van der Waals surface area (Å²) in [5, 5.41) is 2.86. The molecule has 1 fully saturated rings. The standard InChI is InChI=1S/C17H22FNO3/c1-22-16(21)17(10-3-2-4-11-17)19-15(20)9-8-13-6-5-7-14(18)12-13/h5-7,12H,2-4,8-11H2,1H3,(H,19,20). The van der Waals surface area contributed by atoms with Crippen LogP contribution in [0.25, 0.3) is 0 Å². The second-order valence-corrected chi connectivity index (χ2v) is 5.81. The number of carbonyl (C=O) groups excluding carboxylic acids is 2. The topological polar surface area (TPSA) is 55.4 Å². The molecular formula is C17H22FNO3. The quantitative estimate of drug-likeness (QED) is 0.851. The fraction of sp³-hybridized carbons (Fsp3) is 0.529. The first-order chi connectivity index (χ1) is 10.6. The van der Waals surface area contributed by atoms with Crippen molar-refractivity contribution < 1.29 is 18.7 Å². The largest absolute Gasteiger partial charge is 0.467 e. The molecule has 4 nitrogen and oxygen atoms in total. The zero-order valence-corrected chi connectivity index (χ0v) is 12.9. The maximum absolute atomic E-state index is 13.1. The fourth-order valence-electron chi connectivity index (χ4n) is 3.01. The Balaban J connectivity index is 1.95. The number of halogens is 1. The first-order valence-corrected chi connectivity index (χ1v) is 7.70. The van der Waals surface area contributed by atoms with Crippen LogP contribution in [0.1, 0.15) is 44.1 Å². The molecule has 0 atom stereocenters. The van der Waals surface area contributed by atoms with Crippen molar-refractivity contribution in [2.75, 3.05) is 7.11 Å². The molecule has 1 aromatic carbocycles. The summed E-state index contributed by atoms with van der Waals surface area (Å²) < 4.78 is 18.0. The number of esters is 1. The molecular weight excluding hydrogens is 285 g/mol. The molecule has 1 N–H and O–H groups in total. The molecule has 2 rings (SSSR count). The SMILES string of the molecule is COC(=O)C1(NC(=O)CCc2cccc(F)c2)CCCCC1. The molecule has 1 aromatic rings. The van der Waals surface area contributed by atoms with Gasteiger partial charge < -0.3 is 10.1 Å². The van der Waals surface area contributed by atoms with E-state index in [1.54, 1.807) is 12.1 Å². The summed E-state index contributed by atoms with van der Waals surface area (Å²) in [4.78, 5) is 24.2. The number of benzene rings is 1. The Morgan fingerprint density at radius 2 is 2.00 bits per heavy atom. The summed E-state index contributed by atoms with van der Waals surface area (Å²) >= 11 is 0. The van der Waals surface area contributed by atoms with E-state index in [1.807, 2.05) is 0 Å². The van der Waals surface area contributed by atoms with E-state index in [0.29, 0.717) is 19.3 Å². The van der Waals surface area contributed by atoms with Crippen LogP contribution >= 0.6 is 0 Å². The van der Waals surface area contributed by atoms with Crippen molar-refractivity contribution in [2.45, 2.75) is 50.5 Å². The highest BCUT2D eigenvalue weighted by Crippen LogP contribution is 2.29. The molecule has 22 heavy (non-hydrogen) atoms. The Morgan fingerprint density at radius 1 is 1.27 bits per heavy atom. The zero-order valence-electron chi connectivity index (χ0n) is 12.9. The van der Waals surface area contributed by atoms with Crippen LogP contribution in [0.5, 0.6) is 0 Å². The highest BCUT2D eigenvalue weighted by atomic mass is 19.1. The lowest BCUT2D eigenvalue weighted by molar-refractivity contribution is -0.152. The van der Waals surface area contributed by atoms with Crippen molar-refractivity contribution in [3.05, 3.63) is 35.6 Å². The first-order valence-electron chi connectivity index (χ1n) is 7.70. The lowest BCUT2D eigenvalue weighted by atomic mass is 9.81. The molecule has 0 radical (unpaired) electrons. The average Bonchev–Trinajstić information content (AvgIpc) is 2.53. The smallest absolute Gasteiger partial charge is 0.331 e. The van der Waals surface area contributed by atoms with E-state index in [1.165, 1.54) is 19.2 Å². The third-order valence-corrected chi connectivity index (χ3v) is 4.19. The number of rotatable bonds is 5. The first kappa shape index (κ1) is 16.5. The average molecular weight is 307 g/mol. The van der Waals surface area contributed by atoms with Gasteiger partial charge in [0, 0.05) is 6.42 Å². The van der Waals surface area contributed by atoms with Gasteiger partial charge in [-0.1, -0.05) is 31.4 Å². The summed E-state index contributed by atoms with van der Waals surface area (Å²) in [7, 11) is 1.34.